The molecule has 184 valence electrons. The summed E-state index contributed by atoms with van der Waals surface area (Å²) >= 11 is 0. The molecule has 0 heterocycles. The first kappa shape index (κ1) is 24.5. The second-order valence-electron chi connectivity index (χ2n) is 9.62. The van der Waals surface area contributed by atoms with E-state index in [1.165, 1.54) is 6.08 Å². The molecule has 2 aromatic carbocycles. The highest BCUT2D eigenvalue weighted by molar-refractivity contribution is 5.93. The molecule has 1 fully saturated rings. The standard InChI is InChI=1S/C28H32N2O5/c1-3-9-24(25(31)32)29-26(33)28(15-8-10-18(2)16-28)30-27(34)35-17-23-21-13-6-4-11-19(21)20-12-5-7-14-22(20)23/h3-7,11-14,18,23-24H,1,8-10,15-17H2,2H3,(H,29,33)(H,30,34)(H,31,32). The van der Waals surface area contributed by atoms with Gasteiger partial charge in [0, 0.05) is 5.92 Å². The van der Waals surface area contributed by atoms with Gasteiger partial charge in [0.05, 0.1) is 0 Å². The quantitative estimate of drug-likeness (QED) is 0.482. The van der Waals surface area contributed by atoms with Crippen LogP contribution < -0.4 is 10.6 Å². The summed E-state index contributed by atoms with van der Waals surface area (Å²) in [4.78, 5) is 37.9. The van der Waals surface area contributed by atoms with Crippen molar-refractivity contribution in [2.24, 2.45) is 5.92 Å². The highest BCUT2D eigenvalue weighted by Gasteiger charge is 2.44. The second kappa shape index (κ2) is 10.3. The van der Waals surface area contributed by atoms with Gasteiger partial charge < -0.3 is 20.5 Å². The fourth-order valence-electron chi connectivity index (χ4n) is 5.44. The van der Waals surface area contributed by atoms with Crippen LogP contribution in [0.5, 0.6) is 0 Å². The van der Waals surface area contributed by atoms with Crippen molar-refractivity contribution >= 4 is 18.0 Å². The lowest BCUT2D eigenvalue weighted by Gasteiger charge is -2.39. The number of carboxylic acids is 1. The van der Waals surface area contributed by atoms with Crippen molar-refractivity contribution < 1.29 is 24.2 Å². The zero-order valence-corrected chi connectivity index (χ0v) is 20.0. The summed E-state index contributed by atoms with van der Waals surface area (Å²) in [5.74, 6) is -1.52. The Morgan fingerprint density at radius 2 is 1.77 bits per heavy atom. The molecule has 2 aliphatic carbocycles. The van der Waals surface area contributed by atoms with Crippen molar-refractivity contribution in [2.45, 2.75) is 56.5 Å². The summed E-state index contributed by atoms with van der Waals surface area (Å²) in [6.45, 7) is 5.74. The largest absolute Gasteiger partial charge is 0.480 e. The van der Waals surface area contributed by atoms with Gasteiger partial charge in [0.15, 0.2) is 0 Å². The van der Waals surface area contributed by atoms with E-state index in [0.717, 1.165) is 35.1 Å². The number of carboxylic acid groups (broad SMARTS) is 1. The highest BCUT2D eigenvalue weighted by Crippen LogP contribution is 2.44. The molecular weight excluding hydrogens is 444 g/mol. The van der Waals surface area contributed by atoms with Gasteiger partial charge in [-0.25, -0.2) is 9.59 Å². The van der Waals surface area contributed by atoms with Crippen LogP contribution >= 0.6 is 0 Å². The Balaban J connectivity index is 1.49. The first-order chi connectivity index (χ1) is 16.8. The number of hydrogen-bond acceptors (Lipinski definition) is 4. The number of amides is 2. The van der Waals surface area contributed by atoms with Gasteiger partial charge >= 0.3 is 12.1 Å². The molecule has 1 saturated carbocycles. The summed E-state index contributed by atoms with van der Waals surface area (Å²) in [6, 6.07) is 15.1. The Labute approximate surface area is 205 Å². The third-order valence-electron chi connectivity index (χ3n) is 7.12. The van der Waals surface area contributed by atoms with Gasteiger partial charge in [0.1, 0.15) is 18.2 Å². The molecule has 0 radical (unpaired) electrons. The van der Waals surface area contributed by atoms with Crippen LogP contribution in [0, 0.1) is 5.92 Å². The minimum absolute atomic E-state index is 0.0906. The van der Waals surface area contributed by atoms with Crippen LogP contribution in [0.15, 0.2) is 61.2 Å². The van der Waals surface area contributed by atoms with Crippen molar-refractivity contribution in [3.05, 3.63) is 72.3 Å². The summed E-state index contributed by atoms with van der Waals surface area (Å²) in [7, 11) is 0. The normalized spacial score (nSPS) is 21.8. The highest BCUT2D eigenvalue weighted by atomic mass is 16.5. The fourth-order valence-corrected chi connectivity index (χ4v) is 5.44. The zero-order valence-electron chi connectivity index (χ0n) is 20.0. The number of alkyl carbamates (subject to hydrolysis) is 1. The number of hydrogen-bond donors (Lipinski definition) is 3. The Morgan fingerprint density at radius 3 is 2.34 bits per heavy atom. The van der Waals surface area contributed by atoms with Gasteiger partial charge in [-0.1, -0.05) is 74.4 Å². The van der Waals surface area contributed by atoms with E-state index in [-0.39, 0.29) is 24.9 Å². The lowest BCUT2D eigenvalue weighted by molar-refractivity contribution is -0.143. The summed E-state index contributed by atoms with van der Waals surface area (Å²) in [5, 5.41) is 14.9. The molecule has 2 aliphatic rings. The lowest BCUT2D eigenvalue weighted by atomic mass is 9.75. The number of nitrogens with one attached hydrogen (secondary N) is 2. The Kier molecular flexibility index (Phi) is 7.24. The molecule has 0 spiro atoms. The van der Waals surface area contributed by atoms with Crippen LogP contribution in [0.4, 0.5) is 4.79 Å². The molecule has 2 aromatic rings. The van der Waals surface area contributed by atoms with Crippen molar-refractivity contribution in [1.82, 2.24) is 10.6 Å². The fraction of sp³-hybridized carbons (Fsp3) is 0.393. The predicted molar refractivity (Wildman–Crippen MR) is 133 cm³/mol. The third kappa shape index (κ3) is 5.09. The molecule has 3 atom stereocenters. The lowest BCUT2D eigenvalue weighted by Crippen LogP contribution is -2.62. The van der Waals surface area contributed by atoms with E-state index >= 15 is 0 Å². The number of rotatable bonds is 8. The summed E-state index contributed by atoms with van der Waals surface area (Å²) in [6.07, 6.45) is 3.41. The molecule has 0 aliphatic heterocycles. The Morgan fingerprint density at radius 1 is 1.14 bits per heavy atom. The number of carbonyl (C=O) groups excluding carboxylic acids is 2. The number of carbonyl (C=O) groups is 3. The maximum absolute atomic E-state index is 13.3. The van der Waals surface area contributed by atoms with E-state index in [9.17, 15) is 19.5 Å². The first-order valence-corrected chi connectivity index (χ1v) is 12.1. The van der Waals surface area contributed by atoms with Crippen LogP contribution in [-0.4, -0.2) is 41.3 Å². The Hall–Kier alpha value is -3.61. The van der Waals surface area contributed by atoms with Gasteiger partial charge in [-0.2, -0.15) is 0 Å². The number of ether oxygens (including phenoxy) is 1. The number of benzene rings is 2. The van der Waals surface area contributed by atoms with E-state index < -0.39 is 29.6 Å². The van der Waals surface area contributed by atoms with Gasteiger partial charge in [-0.3, -0.25) is 4.79 Å². The van der Waals surface area contributed by atoms with Crippen molar-refractivity contribution in [1.29, 1.82) is 0 Å². The van der Waals surface area contributed by atoms with Crippen molar-refractivity contribution in [3.63, 3.8) is 0 Å². The van der Waals surface area contributed by atoms with E-state index in [4.69, 9.17) is 4.74 Å². The van der Waals surface area contributed by atoms with Crippen LogP contribution in [0.2, 0.25) is 0 Å². The molecule has 0 aromatic heterocycles. The third-order valence-corrected chi connectivity index (χ3v) is 7.12. The van der Waals surface area contributed by atoms with Crippen LogP contribution in [0.1, 0.15) is 56.1 Å². The van der Waals surface area contributed by atoms with Crippen LogP contribution in [0.25, 0.3) is 11.1 Å². The van der Waals surface area contributed by atoms with Crippen LogP contribution in [-0.2, 0) is 14.3 Å². The molecule has 0 saturated heterocycles. The van der Waals surface area contributed by atoms with Gasteiger partial charge in [-0.05, 0) is 47.4 Å². The smallest absolute Gasteiger partial charge is 0.408 e. The summed E-state index contributed by atoms with van der Waals surface area (Å²) < 4.78 is 5.69. The number of aliphatic carboxylic acids is 1. The zero-order chi connectivity index (χ0) is 25.0. The molecular formula is C28H32N2O5. The van der Waals surface area contributed by atoms with E-state index in [0.29, 0.717) is 12.8 Å². The maximum Gasteiger partial charge on any atom is 0.408 e. The van der Waals surface area contributed by atoms with Gasteiger partial charge in [-0.15, -0.1) is 6.58 Å². The molecule has 0 bridgehead atoms. The second-order valence-corrected chi connectivity index (χ2v) is 9.62. The number of fused-ring (bicyclic) bond motifs is 3. The SMILES string of the molecule is C=CCC(NC(=O)C1(NC(=O)OCC2c3ccccc3-c3ccccc32)CCCC(C)C1)C(=O)O. The molecule has 2 amide bonds. The minimum atomic E-state index is -1.21. The Bertz CT molecular complexity index is 1080. The first-order valence-electron chi connectivity index (χ1n) is 12.1. The maximum atomic E-state index is 13.3. The van der Waals surface area contributed by atoms with Crippen molar-refractivity contribution in [3.8, 4) is 11.1 Å². The van der Waals surface area contributed by atoms with Crippen molar-refractivity contribution in [2.75, 3.05) is 6.61 Å². The molecule has 35 heavy (non-hydrogen) atoms. The molecule has 3 unspecified atom stereocenters. The van der Waals surface area contributed by atoms with Gasteiger partial charge in [0.2, 0.25) is 5.91 Å². The van der Waals surface area contributed by atoms with Crippen LogP contribution in [0.3, 0.4) is 0 Å². The van der Waals surface area contributed by atoms with Gasteiger partial charge in [0.25, 0.3) is 0 Å². The predicted octanol–water partition coefficient (Wildman–Crippen LogP) is 4.62. The molecule has 7 heteroatoms. The van der Waals surface area contributed by atoms with E-state index in [2.05, 4.69) is 29.3 Å². The minimum Gasteiger partial charge on any atom is -0.480 e. The molecule has 7 nitrogen and oxygen atoms in total. The summed E-state index contributed by atoms with van der Waals surface area (Å²) in [5.41, 5.74) is 3.27. The topological polar surface area (TPSA) is 105 Å². The van der Waals surface area contributed by atoms with E-state index in [1.807, 2.05) is 43.3 Å². The average molecular weight is 477 g/mol. The molecule has 4 rings (SSSR count). The average Bonchev–Trinajstić information content (AvgIpc) is 3.16. The van der Waals surface area contributed by atoms with E-state index in [1.54, 1.807) is 0 Å². The molecule has 3 N–H and O–H groups in total. The monoisotopic (exact) mass is 476 g/mol.